The van der Waals surface area contributed by atoms with Crippen molar-refractivity contribution in [2.75, 3.05) is 13.2 Å². The topological polar surface area (TPSA) is 175 Å². The van der Waals surface area contributed by atoms with Gasteiger partial charge in [0.15, 0.2) is 12.4 Å². The summed E-state index contributed by atoms with van der Waals surface area (Å²) in [4.78, 5) is 26.6. The zero-order chi connectivity index (χ0) is 59.6. The number of aliphatic hydroxyl groups is 5. The number of allylic oxidation sites excluding steroid dienone is 7. The van der Waals surface area contributed by atoms with E-state index in [0.717, 1.165) is 64.2 Å². The summed E-state index contributed by atoms with van der Waals surface area (Å²) in [6.07, 6.45) is 63.1. The molecule has 82 heavy (non-hydrogen) atoms. The Balaban J connectivity index is 2.54. The molecule has 0 radical (unpaired) electrons. The van der Waals surface area contributed by atoms with Gasteiger partial charge in [0, 0.05) is 6.42 Å². The highest BCUT2D eigenvalue weighted by molar-refractivity contribution is 5.80. The molecule has 11 nitrogen and oxygen atoms in total. The highest BCUT2D eigenvalue weighted by atomic mass is 16.7. The lowest BCUT2D eigenvalue weighted by Gasteiger charge is -2.41. The molecular formula is C71H131NO10. The van der Waals surface area contributed by atoms with Crippen LogP contribution in [0, 0.1) is 0 Å². The van der Waals surface area contributed by atoms with Crippen LogP contribution >= 0.6 is 0 Å². The van der Waals surface area contributed by atoms with Crippen LogP contribution < -0.4 is 5.32 Å². The fraction of sp³-hybridized carbons (Fsp3) is 0.859. The van der Waals surface area contributed by atoms with Crippen LogP contribution in [0.25, 0.3) is 0 Å². The number of carbonyl (C=O) groups excluding carboxylic acids is 2. The Morgan fingerprint density at radius 2 is 0.841 bits per heavy atom. The predicted octanol–water partition coefficient (Wildman–Crippen LogP) is 17.6. The average Bonchev–Trinajstić information content (AvgIpc) is 3.57. The third kappa shape index (κ3) is 45.9. The second-order valence-electron chi connectivity index (χ2n) is 24.3. The van der Waals surface area contributed by atoms with E-state index >= 15 is 0 Å². The molecular weight excluding hydrogens is 1030 g/mol. The van der Waals surface area contributed by atoms with Crippen LogP contribution in [0.3, 0.4) is 0 Å². The van der Waals surface area contributed by atoms with Crippen LogP contribution in [0.4, 0.5) is 0 Å². The number of rotatable bonds is 60. The van der Waals surface area contributed by atoms with Crippen LogP contribution in [0.2, 0.25) is 0 Å². The van der Waals surface area contributed by atoms with E-state index in [4.69, 9.17) is 14.2 Å². The molecule has 0 aliphatic carbocycles. The van der Waals surface area contributed by atoms with Crippen molar-refractivity contribution in [1.29, 1.82) is 0 Å². The number of hydrogen-bond acceptors (Lipinski definition) is 10. The summed E-state index contributed by atoms with van der Waals surface area (Å²) in [6, 6.07) is -1.03. The molecule has 1 heterocycles. The Kier molecular flexibility index (Phi) is 55.8. The van der Waals surface area contributed by atoms with Crippen LogP contribution in [-0.2, 0) is 23.8 Å². The van der Waals surface area contributed by atoms with Gasteiger partial charge in [0.1, 0.15) is 24.4 Å². The molecule has 0 aromatic rings. The third-order valence-corrected chi connectivity index (χ3v) is 16.5. The molecule has 8 atom stereocenters. The molecule has 1 saturated heterocycles. The summed E-state index contributed by atoms with van der Waals surface area (Å²) in [5, 5.41) is 57.1. The van der Waals surface area contributed by atoms with Crippen LogP contribution in [-0.4, -0.2) is 99.6 Å². The molecule has 1 rings (SSSR count). The first-order chi connectivity index (χ1) is 40.2. The Hall–Kier alpha value is -2.38. The van der Waals surface area contributed by atoms with Crippen molar-refractivity contribution in [3.8, 4) is 0 Å². The van der Waals surface area contributed by atoms with Gasteiger partial charge >= 0.3 is 5.97 Å². The van der Waals surface area contributed by atoms with Crippen LogP contribution in [0.1, 0.15) is 329 Å². The van der Waals surface area contributed by atoms with Gasteiger partial charge in [-0.2, -0.15) is 0 Å². The molecule has 0 spiro atoms. The zero-order valence-corrected chi connectivity index (χ0v) is 53.4. The van der Waals surface area contributed by atoms with E-state index in [1.54, 1.807) is 6.08 Å². The molecule has 0 bridgehead atoms. The number of nitrogens with one attached hydrogen (secondary N) is 1. The number of hydrogen-bond donors (Lipinski definition) is 6. The maximum absolute atomic E-state index is 13.4. The fourth-order valence-corrected chi connectivity index (χ4v) is 10.9. The van der Waals surface area contributed by atoms with Crippen molar-refractivity contribution in [3.05, 3.63) is 48.6 Å². The van der Waals surface area contributed by atoms with E-state index < -0.39 is 67.4 Å². The highest BCUT2D eigenvalue weighted by Crippen LogP contribution is 2.26. The van der Waals surface area contributed by atoms with E-state index in [0.29, 0.717) is 12.8 Å². The Labute approximate surface area is 504 Å². The van der Waals surface area contributed by atoms with Crippen LogP contribution in [0.15, 0.2) is 48.6 Å². The lowest BCUT2D eigenvalue weighted by molar-refractivity contribution is -0.305. The van der Waals surface area contributed by atoms with Gasteiger partial charge in [0.2, 0.25) is 5.91 Å². The number of carbonyl (C=O) groups is 2. The first-order valence-corrected chi connectivity index (χ1v) is 34.9. The predicted molar refractivity (Wildman–Crippen MR) is 343 cm³/mol. The Morgan fingerprint density at radius 3 is 1.28 bits per heavy atom. The van der Waals surface area contributed by atoms with E-state index in [2.05, 4.69) is 62.5 Å². The van der Waals surface area contributed by atoms with Crippen molar-refractivity contribution < 1.29 is 49.3 Å². The van der Waals surface area contributed by atoms with E-state index in [-0.39, 0.29) is 19.4 Å². The SMILES string of the molecule is CCCCC/C=C\C/C=C\CCCCCCCCCCCCCCCCCCCC(=O)OC1C(OCC(NC(=O)C(O)CCCC/C=C\CCCCCCCCC)C(O)/C=C/CCCCCCCCCCCCC)OC(CO)C(O)C1O. The molecule has 1 aliphatic rings. The number of aliphatic hydroxyl groups excluding tert-OH is 5. The quantitative estimate of drug-likeness (QED) is 0.0195. The molecule has 1 fully saturated rings. The van der Waals surface area contributed by atoms with Crippen molar-refractivity contribution in [2.24, 2.45) is 0 Å². The minimum Gasteiger partial charge on any atom is -0.454 e. The van der Waals surface area contributed by atoms with Crippen molar-refractivity contribution in [3.63, 3.8) is 0 Å². The maximum atomic E-state index is 13.4. The second kappa shape index (κ2) is 59.0. The molecule has 0 aromatic heterocycles. The first-order valence-electron chi connectivity index (χ1n) is 34.9. The molecule has 8 unspecified atom stereocenters. The van der Waals surface area contributed by atoms with Crippen LogP contribution in [0.5, 0.6) is 0 Å². The number of unbranched alkanes of at least 4 members (excludes halogenated alkanes) is 40. The molecule has 0 saturated carbocycles. The number of amides is 1. The summed E-state index contributed by atoms with van der Waals surface area (Å²) in [5.74, 6) is -1.20. The second-order valence-corrected chi connectivity index (χ2v) is 24.3. The minimum atomic E-state index is -1.61. The molecule has 11 heteroatoms. The normalized spacial score (nSPS) is 18.9. The summed E-state index contributed by atoms with van der Waals surface area (Å²) < 4.78 is 17.7. The summed E-state index contributed by atoms with van der Waals surface area (Å²) >= 11 is 0. The van der Waals surface area contributed by atoms with Gasteiger partial charge in [-0.05, 0) is 83.5 Å². The van der Waals surface area contributed by atoms with E-state index in [1.165, 1.54) is 218 Å². The van der Waals surface area contributed by atoms with Gasteiger partial charge in [-0.15, -0.1) is 0 Å². The zero-order valence-electron chi connectivity index (χ0n) is 53.4. The van der Waals surface area contributed by atoms with Gasteiger partial charge in [-0.25, -0.2) is 0 Å². The number of ether oxygens (including phenoxy) is 3. The summed E-state index contributed by atoms with van der Waals surface area (Å²) in [5.41, 5.74) is 0. The van der Waals surface area contributed by atoms with Gasteiger partial charge in [0.05, 0.1) is 25.4 Å². The smallest absolute Gasteiger partial charge is 0.306 e. The van der Waals surface area contributed by atoms with Gasteiger partial charge in [-0.3, -0.25) is 9.59 Å². The molecule has 1 aliphatic heterocycles. The third-order valence-electron chi connectivity index (χ3n) is 16.5. The Bertz CT molecular complexity index is 1520. The minimum absolute atomic E-state index is 0.124. The first kappa shape index (κ1) is 77.6. The lowest BCUT2D eigenvalue weighted by Crippen LogP contribution is -2.61. The Morgan fingerprint density at radius 1 is 0.476 bits per heavy atom. The van der Waals surface area contributed by atoms with Gasteiger partial charge < -0.3 is 45.1 Å². The summed E-state index contributed by atoms with van der Waals surface area (Å²) in [7, 11) is 0. The lowest BCUT2D eigenvalue weighted by atomic mass is 9.99. The highest BCUT2D eigenvalue weighted by Gasteiger charge is 2.47. The van der Waals surface area contributed by atoms with E-state index in [1.807, 2.05) is 6.08 Å². The van der Waals surface area contributed by atoms with Gasteiger partial charge in [-0.1, -0.05) is 288 Å². The standard InChI is InChI=1S/C71H131NO10/c1-4-7-10-13-16-19-22-25-26-27-28-29-30-31-32-33-34-35-36-37-38-41-44-47-50-53-56-59-66(76)82-69-68(78)67(77)65(60-73)81-71(69)80-61-62(63(74)57-54-51-48-45-42-39-23-20-17-14-11-8-5-2)72-70(79)64(75)58-55-52-49-46-43-40-24-21-18-15-12-9-6-3/h16,19,25-26,43,46,54,57,62-65,67-69,71,73-75,77-78H,4-15,17-18,20-24,27-42,44-45,47-53,55-56,58-61H2,1-3H3,(H,72,79)/b19-16-,26-25-,46-43-,57-54+. The molecule has 1 amide bonds. The van der Waals surface area contributed by atoms with Crippen molar-refractivity contribution >= 4 is 11.9 Å². The fourth-order valence-electron chi connectivity index (χ4n) is 10.9. The van der Waals surface area contributed by atoms with Crippen molar-refractivity contribution in [1.82, 2.24) is 5.32 Å². The monoisotopic (exact) mass is 1160 g/mol. The maximum Gasteiger partial charge on any atom is 0.306 e. The molecule has 480 valence electrons. The van der Waals surface area contributed by atoms with Crippen molar-refractivity contribution in [2.45, 2.75) is 378 Å². The largest absolute Gasteiger partial charge is 0.454 e. The average molecular weight is 1160 g/mol. The van der Waals surface area contributed by atoms with E-state index in [9.17, 15) is 35.1 Å². The summed E-state index contributed by atoms with van der Waals surface area (Å²) in [6.45, 7) is 5.78. The molecule has 0 aromatic carbocycles. The molecule has 6 N–H and O–H groups in total. The number of esters is 1. The van der Waals surface area contributed by atoms with Gasteiger partial charge in [0.25, 0.3) is 0 Å².